The van der Waals surface area contributed by atoms with Gasteiger partial charge < -0.3 is 0 Å². The Morgan fingerprint density at radius 3 is 1.50 bits per heavy atom. The smallest absolute Gasteiger partial charge is 0.163 e. The summed E-state index contributed by atoms with van der Waals surface area (Å²) in [5, 5.41) is 0. The van der Waals surface area contributed by atoms with E-state index in [-0.39, 0.29) is 0 Å². The Bertz CT molecular complexity index is 371. The molecule has 16 heavy (non-hydrogen) atoms. The Labute approximate surface area is 94.4 Å². The van der Waals surface area contributed by atoms with Crippen molar-refractivity contribution < 1.29 is 19.2 Å². The van der Waals surface area contributed by atoms with Gasteiger partial charge in [-0.15, -0.1) is 0 Å². The third-order valence-electron chi connectivity index (χ3n) is 3.30. The molecule has 0 atom stereocenters. The minimum absolute atomic E-state index is 0.410. The lowest BCUT2D eigenvalue weighted by molar-refractivity contribution is -0.161. The first-order chi connectivity index (χ1) is 7.04. The average Bonchev–Trinajstić information content (AvgIpc) is 2.14. The van der Waals surface area contributed by atoms with E-state index in [1.807, 2.05) is 0 Å². The van der Waals surface area contributed by atoms with Crippen LogP contribution in [0.5, 0.6) is 0 Å². The van der Waals surface area contributed by atoms with Crippen LogP contribution in [0.15, 0.2) is 0 Å². The van der Waals surface area contributed by atoms with Crippen LogP contribution in [0.4, 0.5) is 0 Å². The van der Waals surface area contributed by atoms with Crippen molar-refractivity contribution in [3.05, 3.63) is 0 Å². The first-order valence-corrected chi connectivity index (χ1v) is 5.18. The molecule has 0 unspecified atom stereocenters. The fraction of sp³-hybridized carbons (Fsp3) is 0.667. The van der Waals surface area contributed by atoms with Crippen molar-refractivity contribution in [2.24, 2.45) is 16.7 Å². The predicted octanol–water partition coefficient (Wildman–Crippen LogP) is 0.965. The number of hydrogen-bond donors (Lipinski definition) is 0. The van der Waals surface area contributed by atoms with Gasteiger partial charge in [0.05, 0.1) is 10.8 Å². The fourth-order valence-electron chi connectivity index (χ4n) is 2.22. The van der Waals surface area contributed by atoms with E-state index < -0.39 is 39.9 Å². The highest BCUT2D eigenvalue weighted by atomic mass is 16.2. The molecular weight excluding hydrogens is 208 g/mol. The third kappa shape index (κ3) is 1.44. The SMILES string of the molecule is CC(=O)C1C(=O)C(C)(C)C(=O)C(C)(C)C1=O. The molecule has 0 aromatic carbocycles. The van der Waals surface area contributed by atoms with Crippen LogP contribution >= 0.6 is 0 Å². The molecule has 1 aliphatic rings. The second-order valence-corrected chi connectivity index (χ2v) is 5.35. The third-order valence-corrected chi connectivity index (χ3v) is 3.30. The molecule has 0 radical (unpaired) electrons. The monoisotopic (exact) mass is 224 g/mol. The zero-order valence-electron chi connectivity index (χ0n) is 10.2. The number of rotatable bonds is 1. The lowest BCUT2D eigenvalue weighted by atomic mass is 9.58. The summed E-state index contributed by atoms with van der Waals surface area (Å²) in [6.45, 7) is 7.11. The van der Waals surface area contributed by atoms with Gasteiger partial charge in [-0.25, -0.2) is 0 Å². The number of carbonyl (C=O) groups excluding carboxylic acids is 4. The second-order valence-electron chi connectivity index (χ2n) is 5.35. The maximum Gasteiger partial charge on any atom is 0.163 e. The van der Waals surface area contributed by atoms with Crippen LogP contribution in [-0.4, -0.2) is 23.1 Å². The van der Waals surface area contributed by atoms with E-state index in [0.717, 1.165) is 0 Å². The van der Waals surface area contributed by atoms with E-state index in [1.54, 1.807) is 0 Å². The van der Waals surface area contributed by atoms with Crippen LogP contribution in [0.3, 0.4) is 0 Å². The average molecular weight is 224 g/mol. The lowest BCUT2D eigenvalue weighted by Gasteiger charge is -2.39. The van der Waals surface area contributed by atoms with Crippen molar-refractivity contribution in [1.82, 2.24) is 0 Å². The first-order valence-electron chi connectivity index (χ1n) is 5.18. The summed E-state index contributed by atoms with van der Waals surface area (Å²) in [7, 11) is 0. The van der Waals surface area contributed by atoms with Crippen molar-refractivity contribution in [2.45, 2.75) is 34.6 Å². The van der Waals surface area contributed by atoms with E-state index in [9.17, 15) is 19.2 Å². The molecule has 0 saturated heterocycles. The van der Waals surface area contributed by atoms with Crippen LogP contribution in [0, 0.1) is 16.7 Å². The fourth-order valence-corrected chi connectivity index (χ4v) is 2.22. The van der Waals surface area contributed by atoms with Gasteiger partial charge in [0.25, 0.3) is 0 Å². The summed E-state index contributed by atoms with van der Waals surface area (Å²) in [5.74, 6) is -3.32. The Hall–Kier alpha value is -1.32. The molecular formula is C12H16O4. The molecule has 1 rings (SSSR count). The van der Waals surface area contributed by atoms with Crippen molar-refractivity contribution in [3.8, 4) is 0 Å². The van der Waals surface area contributed by atoms with Crippen LogP contribution in [0.25, 0.3) is 0 Å². The highest BCUT2D eigenvalue weighted by molar-refractivity contribution is 6.34. The second kappa shape index (κ2) is 3.34. The summed E-state index contributed by atoms with van der Waals surface area (Å²) in [6, 6.07) is 0. The normalized spacial score (nSPS) is 24.7. The van der Waals surface area contributed by atoms with Crippen molar-refractivity contribution in [3.63, 3.8) is 0 Å². The summed E-state index contributed by atoms with van der Waals surface area (Å²) >= 11 is 0. The van der Waals surface area contributed by atoms with Gasteiger partial charge in [-0.05, 0) is 34.6 Å². The van der Waals surface area contributed by atoms with Crippen molar-refractivity contribution >= 4 is 23.1 Å². The molecule has 0 aromatic heterocycles. The molecule has 0 bridgehead atoms. The molecule has 1 saturated carbocycles. The van der Waals surface area contributed by atoms with Gasteiger partial charge in [0.2, 0.25) is 0 Å². The Morgan fingerprint density at radius 1 is 0.938 bits per heavy atom. The zero-order chi connectivity index (χ0) is 12.9. The Balaban J connectivity index is 3.40. The van der Waals surface area contributed by atoms with E-state index >= 15 is 0 Å². The quantitative estimate of drug-likeness (QED) is 0.622. The molecule has 88 valence electrons. The topological polar surface area (TPSA) is 68.3 Å². The highest BCUT2D eigenvalue weighted by Crippen LogP contribution is 2.40. The number of Topliss-reactive ketones (excluding diaryl/α,β-unsaturated/α-hetero) is 4. The Kier molecular flexibility index (Phi) is 2.66. The molecule has 4 heteroatoms. The summed E-state index contributed by atoms with van der Waals surface area (Å²) < 4.78 is 0. The van der Waals surface area contributed by atoms with E-state index in [4.69, 9.17) is 0 Å². The molecule has 0 aliphatic heterocycles. The van der Waals surface area contributed by atoms with Gasteiger partial charge in [-0.1, -0.05) is 0 Å². The van der Waals surface area contributed by atoms with E-state index in [1.165, 1.54) is 34.6 Å². The standard InChI is InChI=1S/C12H16O4/c1-6(13)7-8(14)11(2,3)10(16)12(4,5)9(7)15/h7H,1-5H3. The van der Waals surface area contributed by atoms with Gasteiger partial charge >= 0.3 is 0 Å². The molecule has 0 N–H and O–H groups in total. The largest absolute Gasteiger partial charge is 0.299 e. The van der Waals surface area contributed by atoms with Crippen molar-refractivity contribution in [2.75, 3.05) is 0 Å². The maximum atomic E-state index is 12.0. The summed E-state index contributed by atoms with van der Waals surface area (Å²) in [6.07, 6.45) is 0. The van der Waals surface area contributed by atoms with Gasteiger partial charge in [0.15, 0.2) is 17.3 Å². The van der Waals surface area contributed by atoms with Crippen LogP contribution in [0.1, 0.15) is 34.6 Å². The number of hydrogen-bond acceptors (Lipinski definition) is 4. The van der Waals surface area contributed by atoms with Gasteiger partial charge in [-0.3, -0.25) is 19.2 Å². The van der Waals surface area contributed by atoms with E-state index in [0.29, 0.717) is 0 Å². The lowest BCUT2D eigenvalue weighted by Crippen LogP contribution is -2.58. The molecule has 0 heterocycles. The molecule has 0 spiro atoms. The van der Waals surface area contributed by atoms with Gasteiger partial charge in [0, 0.05) is 0 Å². The Morgan fingerprint density at radius 2 is 1.25 bits per heavy atom. The minimum Gasteiger partial charge on any atom is -0.299 e. The predicted molar refractivity (Wildman–Crippen MR) is 56.8 cm³/mol. The molecule has 1 aliphatic carbocycles. The number of carbonyl (C=O) groups is 4. The number of ketones is 4. The zero-order valence-corrected chi connectivity index (χ0v) is 10.2. The van der Waals surface area contributed by atoms with E-state index in [2.05, 4.69) is 0 Å². The minimum atomic E-state index is -1.28. The van der Waals surface area contributed by atoms with Crippen LogP contribution < -0.4 is 0 Å². The molecule has 0 aromatic rings. The van der Waals surface area contributed by atoms with Crippen LogP contribution in [-0.2, 0) is 19.2 Å². The first kappa shape index (κ1) is 12.7. The molecule has 0 amide bonds. The summed E-state index contributed by atoms with van der Waals surface area (Å²) in [4.78, 5) is 47.2. The van der Waals surface area contributed by atoms with Crippen LogP contribution in [0.2, 0.25) is 0 Å². The van der Waals surface area contributed by atoms with Gasteiger partial charge in [0.1, 0.15) is 11.7 Å². The maximum absolute atomic E-state index is 12.0. The van der Waals surface area contributed by atoms with Gasteiger partial charge in [-0.2, -0.15) is 0 Å². The van der Waals surface area contributed by atoms with Crippen molar-refractivity contribution in [1.29, 1.82) is 0 Å². The summed E-state index contributed by atoms with van der Waals surface area (Å²) in [5.41, 5.74) is -2.51. The molecule has 4 nitrogen and oxygen atoms in total. The highest BCUT2D eigenvalue weighted by Gasteiger charge is 2.59. The molecule has 1 fully saturated rings.